The van der Waals surface area contributed by atoms with E-state index in [1.54, 1.807) is 13.8 Å². The zero-order valence-electron chi connectivity index (χ0n) is 22.3. The number of carbonyl (C=O) groups is 2. The van der Waals surface area contributed by atoms with Crippen LogP contribution >= 0.6 is 0 Å². The highest BCUT2D eigenvalue weighted by molar-refractivity contribution is 6.05. The van der Waals surface area contributed by atoms with E-state index in [9.17, 15) is 19.8 Å². The summed E-state index contributed by atoms with van der Waals surface area (Å²) in [5.41, 5.74) is -1.90. The molecule has 6 nitrogen and oxygen atoms in total. The second kappa shape index (κ2) is 9.18. The quantitative estimate of drug-likeness (QED) is 0.243. The molecule has 0 unspecified atom stereocenters. The van der Waals surface area contributed by atoms with Crippen LogP contribution in [0.4, 0.5) is 0 Å². The summed E-state index contributed by atoms with van der Waals surface area (Å²) in [5, 5.41) is 32.5. The monoisotopic (exact) mass is 522 g/mol. The predicted octanol–water partition coefficient (Wildman–Crippen LogP) is 5.08. The second-order valence-electron chi connectivity index (χ2n) is 11.8. The van der Waals surface area contributed by atoms with Gasteiger partial charge < -0.3 is 20.8 Å². The first-order valence-corrected chi connectivity index (χ1v) is 13.6. The average Bonchev–Trinajstić information content (AvgIpc) is 3.88. The Morgan fingerprint density at radius 2 is 1.00 bits per heavy atom. The molecule has 2 amide bonds. The van der Waals surface area contributed by atoms with Crippen LogP contribution in [0.3, 0.4) is 0 Å². The van der Waals surface area contributed by atoms with Crippen LogP contribution in [0, 0.1) is 5.41 Å². The Morgan fingerprint density at radius 3 is 1.38 bits per heavy atom. The highest BCUT2D eigenvalue weighted by Gasteiger charge is 2.53. The van der Waals surface area contributed by atoms with Gasteiger partial charge in [-0.15, -0.1) is 0 Å². The van der Waals surface area contributed by atoms with Crippen molar-refractivity contribution in [3.05, 3.63) is 96.1 Å². The molecule has 0 aromatic heterocycles. The Kier molecular flexibility index (Phi) is 6.01. The largest absolute Gasteiger partial charge is 0.387 e. The van der Waals surface area contributed by atoms with Crippen molar-refractivity contribution in [2.24, 2.45) is 5.41 Å². The summed E-state index contributed by atoms with van der Waals surface area (Å²) >= 11 is 0. The number of benzene rings is 4. The van der Waals surface area contributed by atoms with Gasteiger partial charge in [0.15, 0.2) is 0 Å². The smallest absolute Gasteiger partial charge is 0.235 e. The zero-order chi connectivity index (χ0) is 27.4. The van der Waals surface area contributed by atoms with E-state index in [1.807, 2.05) is 84.9 Å². The molecule has 0 bridgehead atoms. The van der Waals surface area contributed by atoms with E-state index in [1.165, 1.54) is 0 Å². The predicted molar refractivity (Wildman–Crippen MR) is 152 cm³/mol. The molecule has 0 saturated heterocycles. The molecule has 0 aliphatic heterocycles. The third-order valence-electron chi connectivity index (χ3n) is 8.55. The van der Waals surface area contributed by atoms with Crippen LogP contribution in [0.5, 0.6) is 0 Å². The van der Waals surface area contributed by atoms with Gasteiger partial charge in [-0.05, 0) is 72.2 Å². The number of carbonyl (C=O) groups excluding carboxylic acids is 2. The second-order valence-corrected chi connectivity index (χ2v) is 11.8. The van der Waals surface area contributed by atoms with Gasteiger partial charge in [-0.25, -0.2) is 0 Å². The summed E-state index contributed by atoms with van der Waals surface area (Å²) in [5.74, 6) is -0.949. The molecule has 39 heavy (non-hydrogen) atoms. The molecule has 6 rings (SSSR count). The summed E-state index contributed by atoms with van der Waals surface area (Å²) in [6.45, 7) is 3.18. The van der Waals surface area contributed by atoms with Gasteiger partial charge >= 0.3 is 0 Å². The molecule has 2 aliphatic carbocycles. The lowest BCUT2D eigenvalue weighted by Gasteiger charge is -2.33. The molecule has 4 aromatic rings. The number of nitrogens with one attached hydrogen (secondary N) is 2. The normalized spacial score (nSPS) is 18.8. The van der Waals surface area contributed by atoms with Crippen molar-refractivity contribution in [2.75, 3.05) is 0 Å². The van der Waals surface area contributed by atoms with Crippen LogP contribution in [-0.2, 0) is 9.59 Å². The molecular formula is C33H34N2O4. The van der Waals surface area contributed by atoms with Gasteiger partial charge in [0.1, 0.15) is 5.41 Å². The number of hydrogen-bond donors (Lipinski definition) is 4. The summed E-state index contributed by atoms with van der Waals surface area (Å²) in [4.78, 5) is 27.5. The van der Waals surface area contributed by atoms with Gasteiger partial charge in [0.05, 0.1) is 23.3 Å². The first kappa shape index (κ1) is 25.5. The Hall–Kier alpha value is -3.74. The average molecular weight is 523 g/mol. The summed E-state index contributed by atoms with van der Waals surface area (Å²) in [6, 6.07) is 26.2. The molecular weight excluding hydrogens is 488 g/mol. The molecule has 0 radical (unpaired) electrons. The summed E-state index contributed by atoms with van der Waals surface area (Å²) in [7, 11) is 0. The van der Waals surface area contributed by atoms with E-state index >= 15 is 0 Å². The minimum atomic E-state index is -1.46. The van der Waals surface area contributed by atoms with E-state index in [2.05, 4.69) is 10.6 Å². The molecule has 2 atom stereocenters. The van der Waals surface area contributed by atoms with Crippen LogP contribution in [0.25, 0.3) is 21.5 Å². The molecule has 4 N–H and O–H groups in total. The maximum Gasteiger partial charge on any atom is 0.235 e. The Morgan fingerprint density at radius 1 is 0.641 bits per heavy atom. The lowest BCUT2D eigenvalue weighted by Crippen LogP contribution is -2.52. The fraction of sp³-hybridized carbons (Fsp3) is 0.333. The van der Waals surface area contributed by atoms with E-state index in [4.69, 9.17) is 0 Å². The van der Waals surface area contributed by atoms with Crippen LogP contribution in [0.15, 0.2) is 84.9 Å². The maximum atomic E-state index is 13.8. The minimum Gasteiger partial charge on any atom is -0.387 e. The third kappa shape index (κ3) is 4.58. The highest BCUT2D eigenvalue weighted by atomic mass is 16.3. The maximum absolute atomic E-state index is 13.8. The van der Waals surface area contributed by atoms with E-state index in [0.29, 0.717) is 25.7 Å². The Balaban J connectivity index is 1.29. The summed E-state index contributed by atoms with van der Waals surface area (Å²) < 4.78 is 0. The van der Waals surface area contributed by atoms with Crippen molar-refractivity contribution in [3.8, 4) is 0 Å². The minimum absolute atomic E-state index is 0.474. The fourth-order valence-corrected chi connectivity index (χ4v) is 5.57. The van der Waals surface area contributed by atoms with Gasteiger partial charge in [-0.2, -0.15) is 0 Å². The fourth-order valence-electron chi connectivity index (χ4n) is 5.57. The molecule has 2 fully saturated rings. The molecule has 2 aliphatic rings. The van der Waals surface area contributed by atoms with Crippen molar-refractivity contribution in [1.29, 1.82) is 0 Å². The first-order chi connectivity index (χ1) is 18.6. The third-order valence-corrected chi connectivity index (χ3v) is 8.55. The Labute approximate surface area is 228 Å². The van der Waals surface area contributed by atoms with Gasteiger partial charge in [-0.1, -0.05) is 84.9 Å². The van der Waals surface area contributed by atoms with E-state index < -0.39 is 40.5 Å². The Bertz CT molecular complexity index is 1460. The molecule has 0 heterocycles. The number of aliphatic hydroxyl groups is 2. The van der Waals surface area contributed by atoms with Crippen molar-refractivity contribution in [1.82, 2.24) is 10.6 Å². The lowest BCUT2D eigenvalue weighted by atomic mass is 9.87. The van der Waals surface area contributed by atoms with Gasteiger partial charge in [-0.3, -0.25) is 9.59 Å². The molecule has 2 saturated carbocycles. The highest BCUT2D eigenvalue weighted by Crippen LogP contribution is 2.49. The number of fused-ring (bicyclic) bond motifs is 2. The van der Waals surface area contributed by atoms with E-state index in [0.717, 1.165) is 32.7 Å². The van der Waals surface area contributed by atoms with Crippen molar-refractivity contribution in [2.45, 2.75) is 62.8 Å². The van der Waals surface area contributed by atoms with Gasteiger partial charge in [0, 0.05) is 0 Å². The van der Waals surface area contributed by atoms with Crippen LogP contribution in [0.2, 0.25) is 0 Å². The zero-order valence-corrected chi connectivity index (χ0v) is 22.3. The number of rotatable bonds is 8. The van der Waals surface area contributed by atoms with Crippen LogP contribution in [-0.4, -0.2) is 33.2 Å². The van der Waals surface area contributed by atoms with E-state index in [-0.39, 0.29) is 0 Å². The van der Waals surface area contributed by atoms with Gasteiger partial charge in [0.25, 0.3) is 0 Å². The van der Waals surface area contributed by atoms with Crippen molar-refractivity contribution >= 4 is 33.4 Å². The first-order valence-electron chi connectivity index (χ1n) is 13.6. The number of amides is 2. The molecule has 6 heteroatoms. The molecule has 200 valence electrons. The SMILES string of the molecule is CC(C)(C(=O)N[C@@H](c1cccc2ccccc12)C1(O)CC1)C(=O)N[C@@H](c1cccc2ccccc12)C1(O)CC1. The van der Waals surface area contributed by atoms with Crippen molar-refractivity contribution < 1.29 is 19.8 Å². The van der Waals surface area contributed by atoms with Crippen LogP contribution in [0.1, 0.15) is 62.7 Å². The van der Waals surface area contributed by atoms with Gasteiger partial charge in [0.2, 0.25) is 11.8 Å². The summed E-state index contributed by atoms with van der Waals surface area (Å²) in [6.07, 6.45) is 2.29. The van der Waals surface area contributed by atoms with Crippen LogP contribution < -0.4 is 10.6 Å². The number of hydrogen-bond acceptors (Lipinski definition) is 4. The van der Waals surface area contributed by atoms with Crippen molar-refractivity contribution in [3.63, 3.8) is 0 Å². The molecule has 0 spiro atoms. The lowest BCUT2D eigenvalue weighted by molar-refractivity contribution is -0.143. The topological polar surface area (TPSA) is 98.7 Å². The molecule has 4 aromatic carbocycles. The standard InChI is InChI=1S/C33H34N2O4/c1-31(2,29(36)34-27(32(38)17-18-32)25-15-7-11-21-9-3-5-13-23(21)25)30(37)35-28(33(39)19-20-33)26-16-8-12-22-10-4-6-14-24(22)26/h3-16,27-28,38-39H,17-20H2,1-2H3,(H,34,36)(H,35,37)/t27-,28-/m0/s1.